The molecule has 0 aromatic carbocycles. The lowest BCUT2D eigenvalue weighted by Crippen LogP contribution is -2.44. The molecule has 0 amide bonds. The average Bonchev–Trinajstić information content (AvgIpc) is 2.88. The minimum Gasteiger partial charge on any atom is -0.383 e. The van der Waals surface area contributed by atoms with E-state index in [0.717, 1.165) is 18.3 Å². The highest BCUT2D eigenvalue weighted by Crippen LogP contribution is 2.09. The molecule has 1 rings (SSSR count). The number of aliphatic imine (C=N–C) groups is 1. The molecular weight excluding hydrogens is 397 g/mol. The predicted octanol–water partition coefficient (Wildman–Crippen LogP) is 1.94. The van der Waals surface area contributed by atoms with Crippen LogP contribution in [0.2, 0.25) is 0 Å². The number of aromatic nitrogens is 2. The number of hydrogen-bond acceptors (Lipinski definition) is 5. The summed E-state index contributed by atoms with van der Waals surface area (Å²) < 4.78 is 10.3. The summed E-state index contributed by atoms with van der Waals surface area (Å²) in [5, 5.41) is 10.4. The second-order valence-corrected chi connectivity index (χ2v) is 5.21. The van der Waals surface area contributed by atoms with Crippen molar-refractivity contribution in [1.29, 1.82) is 0 Å². The Morgan fingerprint density at radius 2 is 2.09 bits per heavy atom. The van der Waals surface area contributed by atoms with Gasteiger partial charge in [0.15, 0.2) is 11.8 Å². The van der Waals surface area contributed by atoms with Crippen molar-refractivity contribution < 1.29 is 9.26 Å². The minimum absolute atomic E-state index is 0. The lowest BCUT2D eigenvalue weighted by molar-refractivity contribution is 0.179. The maximum absolute atomic E-state index is 5.20. The Kier molecular flexibility index (Phi) is 11.2. The molecule has 1 aromatic rings. The predicted molar refractivity (Wildman–Crippen MR) is 98.0 cm³/mol. The molecule has 0 aliphatic rings. The van der Waals surface area contributed by atoms with Crippen LogP contribution in [0, 0.1) is 0 Å². The molecule has 0 fully saturated rings. The van der Waals surface area contributed by atoms with Crippen LogP contribution < -0.4 is 10.6 Å². The van der Waals surface area contributed by atoms with Crippen molar-refractivity contribution in [2.45, 2.75) is 46.1 Å². The van der Waals surface area contributed by atoms with Gasteiger partial charge in [0, 0.05) is 32.0 Å². The molecule has 7 nitrogen and oxygen atoms in total. The number of halogens is 1. The highest BCUT2D eigenvalue weighted by Gasteiger charge is 2.09. The molecule has 0 saturated carbocycles. The molecular formula is C14H28IN5O2. The van der Waals surface area contributed by atoms with Crippen LogP contribution in [0.1, 0.15) is 45.3 Å². The van der Waals surface area contributed by atoms with Crippen molar-refractivity contribution in [3.63, 3.8) is 0 Å². The number of rotatable bonds is 8. The smallest absolute Gasteiger partial charge is 0.228 e. The normalized spacial score (nSPS) is 12.9. The summed E-state index contributed by atoms with van der Waals surface area (Å²) >= 11 is 0. The van der Waals surface area contributed by atoms with Gasteiger partial charge < -0.3 is 19.9 Å². The SMILES string of the molecule is CCNC(=NCCc1nc(C(C)C)no1)NC(C)COC.I. The monoisotopic (exact) mass is 425 g/mol. The van der Waals surface area contributed by atoms with Gasteiger partial charge in [-0.05, 0) is 13.8 Å². The van der Waals surface area contributed by atoms with Crippen LogP contribution in [0.15, 0.2) is 9.52 Å². The molecule has 0 radical (unpaired) electrons. The Balaban J connectivity index is 0.00000441. The van der Waals surface area contributed by atoms with Gasteiger partial charge >= 0.3 is 0 Å². The standard InChI is InChI=1S/C14H27N5O2.HI/c1-6-15-14(17-11(4)9-20-5)16-8-7-12-18-13(10(2)3)19-21-12;/h10-11H,6-9H2,1-5H3,(H2,15,16,17);1H. The third-order valence-corrected chi connectivity index (χ3v) is 2.74. The Labute approximate surface area is 149 Å². The van der Waals surface area contributed by atoms with E-state index in [4.69, 9.17) is 9.26 Å². The van der Waals surface area contributed by atoms with Crippen molar-refractivity contribution in [2.75, 3.05) is 26.8 Å². The molecule has 0 bridgehead atoms. The van der Waals surface area contributed by atoms with E-state index in [1.807, 2.05) is 27.7 Å². The van der Waals surface area contributed by atoms with Crippen molar-refractivity contribution >= 4 is 29.9 Å². The van der Waals surface area contributed by atoms with E-state index < -0.39 is 0 Å². The van der Waals surface area contributed by atoms with E-state index in [1.165, 1.54) is 0 Å². The Morgan fingerprint density at radius 3 is 2.64 bits per heavy atom. The van der Waals surface area contributed by atoms with Crippen LogP contribution in [-0.4, -0.2) is 48.9 Å². The summed E-state index contributed by atoms with van der Waals surface area (Å²) in [5.41, 5.74) is 0. The zero-order valence-electron chi connectivity index (χ0n) is 14.0. The quantitative estimate of drug-likeness (QED) is 0.376. The summed E-state index contributed by atoms with van der Waals surface area (Å²) in [6, 6.07) is 0.198. The lowest BCUT2D eigenvalue weighted by Gasteiger charge is -2.16. The largest absolute Gasteiger partial charge is 0.383 e. The van der Waals surface area contributed by atoms with Crippen molar-refractivity contribution in [3.05, 3.63) is 11.7 Å². The highest BCUT2D eigenvalue weighted by atomic mass is 127. The molecule has 8 heteroatoms. The van der Waals surface area contributed by atoms with Gasteiger partial charge in [-0.15, -0.1) is 24.0 Å². The first-order chi connectivity index (χ1) is 10.1. The Bertz CT molecular complexity index is 437. The van der Waals surface area contributed by atoms with E-state index in [-0.39, 0.29) is 35.9 Å². The average molecular weight is 425 g/mol. The minimum atomic E-state index is 0. The van der Waals surface area contributed by atoms with Crippen molar-refractivity contribution in [1.82, 2.24) is 20.8 Å². The molecule has 1 aromatic heterocycles. The fourth-order valence-electron chi connectivity index (χ4n) is 1.71. The van der Waals surface area contributed by atoms with E-state index in [1.54, 1.807) is 7.11 Å². The molecule has 0 spiro atoms. The maximum Gasteiger partial charge on any atom is 0.228 e. The zero-order chi connectivity index (χ0) is 15.7. The van der Waals surface area contributed by atoms with Crippen LogP contribution >= 0.6 is 24.0 Å². The number of guanidine groups is 1. The first-order valence-electron chi connectivity index (χ1n) is 7.43. The Morgan fingerprint density at radius 1 is 1.36 bits per heavy atom. The number of nitrogens with zero attached hydrogens (tertiary/aromatic N) is 3. The third kappa shape index (κ3) is 7.92. The summed E-state index contributed by atoms with van der Waals surface area (Å²) in [4.78, 5) is 8.83. The molecule has 1 unspecified atom stereocenters. The van der Waals surface area contributed by atoms with Gasteiger partial charge in [0.05, 0.1) is 13.2 Å². The fraction of sp³-hybridized carbons (Fsp3) is 0.786. The number of nitrogens with one attached hydrogen (secondary N) is 2. The number of methoxy groups -OCH3 is 1. The fourth-order valence-corrected chi connectivity index (χ4v) is 1.71. The molecule has 22 heavy (non-hydrogen) atoms. The molecule has 2 N–H and O–H groups in total. The molecule has 1 atom stereocenters. The van der Waals surface area contributed by atoms with E-state index in [2.05, 4.69) is 25.8 Å². The number of hydrogen-bond donors (Lipinski definition) is 2. The van der Waals surface area contributed by atoms with Crippen LogP contribution in [0.5, 0.6) is 0 Å². The third-order valence-electron chi connectivity index (χ3n) is 2.74. The summed E-state index contributed by atoms with van der Waals surface area (Å²) in [5.74, 6) is 2.42. The van der Waals surface area contributed by atoms with Gasteiger partial charge in [0.2, 0.25) is 5.89 Å². The molecule has 0 aliphatic heterocycles. The molecule has 0 aliphatic carbocycles. The second kappa shape index (κ2) is 11.6. The van der Waals surface area contributed by atoms with E-state index >= 15 is 0 Å². The first-order valence-corrected chi connectivity index (χ1v) is 7.43. The van der Waals surface area contributed by atoms with Gasteiger partial charge in [0.25, 0.3) is 0 Å². The number of ether oxygens (including phenoxy) is 1. The van der Waals surface area contributed by atoms with Gasteiger partial charge in [-0.2, -0.15) is 4.98 Å². The van der Waals surface area contributed by atoms with E-state index in [9.17, 15) is 0 Å². The first kappa shape index (κ1) is 21.1. The van der Waals surface area contributed by atoms with Crippen LogP contribution in [-0.2, 0) is 11.2 Å². The van der Waals surface area contributed by atoms with Crippen molar-refractivity contribution in [2.24, 2.45) is 4.99 Å². The Hall–Kier alpha value is -0.900. The summed E-state index contributed by atoms with van der Waals surface area (Å²) in [7, 11) is 1.68. The zero-order valence-corrected chi connectivity index (χ0v) is 16.4. The van der Waals surface area contributed by atoms with Gasteiger partial charge in [0.1, 0.15) is 0 Å². The maximum atomic E-state index is 5.20. The van der Waals surface area contributed by atoms with Gasteiger partial charge in [-0.25, -0.2) is 0 Å². The van der Waals surface area contributed by atoms with Crippen molar-refractivity contribution in [3.8, 4) is 0 Å². The molecule has 1 heterocycles. The summed E-state index contributed by atoms with van der Waals surface area (Å²) in [6.07, 6.45) is 0.634. The second-order valence-electron chi connectivity index (χ2n) is 5.21. The van der Waals surface area contributed by atoms with Crippen LogP contribution in [0.3, 0.4) is 0 Å². The highest BCUT2D eigenvalue weighted by molar-refractivity contribution is 14.0. The van der Waals surface area contributed by atoms with Crippen LogP contribution in [0.4, 0.5) is 0 Å². The van der Waals surface area contributed by atoms with Crippen LogP contribution in [0.25, 0.3) is 0 Å². The summed E-state index contributed by atoms with van der Waals surface area (Å²) in [6.45, 7) is 10.2. The lowest BCUT2D eigenvalue weighted by atomic mass is 10.2. The molecule has 0 saturated heterocycles. The van der Waals surface area contributed by atoms with Gasteiger partial charge in [-0.1, -0.05) is 19.0 Å². The van der Waals surface area contributed by atoms with Gasteiger partial charge in [-0.3, -0.25) is 4.99 Å². The topological polar surface area (TPSA) is 84.6 Å². The molecule has 128 valence electrons. The van der Waals surface area contributed by atoms with E-state index in [0.29, 0.717) is 25.5 Å².